The number of benzene rings is 1. The Balaban J connectivity index is 1.58. The van der Waals surface area contributed by atoms with Crippen molar-refractivity contribution < 1.29 is 19.1 Å². The Morgan fingerprint density at radius 2 is 1.86 bits per heavy atom. The maximum Gasteiger partial charge on any atom is 0.251 e. The maximum absolute atomic E-state index is 12.8. The molecule has 2 unspecified atom stereocenters. The van der Waals surface area contributed by atoms with E-state index in [-0.39, 0.29) is 24.0 Å². The van der Waals surface area contributed by atoms with Gasteiger partial charge in [0.25, 0.3) is 5.91 Å². The first-order valence-corrected chi connectivity index (χ1v) is 9.98. The number of carbonyl (C=O) groups is 2. The van der Waals surface area contributed by atoms with Gasteiger partial charge >= 0.3 is 0 Å². The molecule has 0 bridgehead atoms. The Kier molecular flexibility index (Phi) is 6.07. The van der Waals surface area contributed by atoms with Crippen LogP contribution in [0.5, 0.6) is 0 Å². The lowest BCUT2D eigenvalue weighted by Gasteiger charge is -2.57. The minimum Gasteiger partial charge on any atom is -0.381 e. The normalized spacial score (nSPS) is 26.9. The second kappa shape index (κ2) is 8.19. The van der Waals surface area contributed by atoms with Crippen molar-refractivity contribution in [1.29, 1.82) is 0 Å². The van der Waals surface area contributed by atoms with E-state index in [1.807, 2.05) is 20.8 Å². The van der Waals surface area contributed by atoms with Crippen molar-refractivity contribution in [3.8, 4) is 0 Å². The fraction of sp³-hybridized carbons (Fsp3) is 0.619. The quantitative estimate of drug-likeness (QED) is 0.691. The third kappa shape index (κ3) is 3.92. The molecule has 1 aliphatic heterocycles. The molecule has 1 heterocycles. The summed E-state index contributed by atoms with van der Waals surface area (Å²) < 4.78 is 11.0. The van der Waals surface area contributed by atoms with E-state index in [2.05, 4.69) is 10.6 Å². The van der Waals surface area contributed by atoms with Gasteiger partial charge in [-0.15, -0.1) is 0 Å². The maximum atomic E-state index is 12.8. The standard InChI is InChI=1S/C21H31N3O4/c1-4-28-17-13-21(22,20(17,2)3)19(26)24-15-7-5-14(6-8-15)18(25)23-16-9-11-27-12-10-16/h5-8,16-17H,4,9-13,22H2,1-3H3,(H,23,25)(H,24,26). The molecule has 28 heavy (non-hydrogen) atoms. The summed E-state index contributed by atoms with van der Waals surface area (Å²) >= 11 is 0. The van der Waals surface area contributed by atoms with E-state index in [0.29, 0.717) is 37.5 Å². The molecule has 0 radical (unpaired) electrons. The van der Waals surface area contributed by atoms with Gasteiger partial charge in [0.2, 0.25) is 5.91 Å². The van der Waals surface area contributed by atoms with Gasteiger partial charge in [-0.1, -0.05) is 13.8 Å². The highest BCUT2D eigenvalue weighted by molar-refractivity contribution is 6.00. The summed E-state index contributed by atoms with van der Waals surface area (Å²) in [4.78, 5) is 25.2. The zero-order chi connectivity index (χ0) is 20.4. The van der Waals surface area contributed by atoms with Gasteiger partial charge in [-0.25, -0.2) is 0 Å². The number of hydrogen-bond donors (Lipinski definition) is 3. The van der Waals surface area contributed by atoms with E-state index in [1.54, 1.807) is 24.3 Å². The van der Waals surface area contributed by atoms with E-state index in [4.69, 9.17) is 15.2 Å². The molecule has 1 aliphatic carbocycles. The third-order valence-corrected chi connectivity index (χ3v) is 6.20. The van der Waals surface area contributed by atoms with Gasteiger partial charge in [0.05, 0.1) is 6.10 Å². The summed E-state index contributed by atoms with van der Waals surface area (Å²) in [6, 6.07) is 7.03. The van der Waals surface area contributed by atoms with Gasteiger partial charge in [-0.05, 0) is 44.0 Å². The number of rotatable bonds is 6. The van der Waals surface area contributed by atoms with E-state index >= 15 is 0 Å². The van der Waals surface area contributed by atoms with Gasteiger partial charge in [0.1, 0.15) is 5.54 Å². The van der Waals surface area contributed by atoms with Crippen molar-refractivity contribution in [1.82, 2.24) is 5.32 Å². The Labute approximate surface area is 166 Å². The SMILES string of the molecule is CCOC1CC(N)(C(=O)Nc2ccc(C(=O)NC3CCOCC3)cc2)C1(C)C. The molecular formula is C21H31N3O4. The molecular weight excluding hydrogens is 358 g/mol. The molecule has 154 valence electrons. The third-order valence-electron chi connectivity index (χ3n) is 6.20. The summed E-state index contributed by atoms with van der Waals surface area (Å²) in [7, 11) is 0. The smallest absolute Gasteiger partial charge is 0.251 e. The molecule has 2 atom stereocenters. The number of nitrogens with one attached hydrogen (secondary N) is 2. The highest BCUT2D eigenvalue weighted by Crippen LogP contribution is 2.50. The Hall–Kier alpha value is -1.96. The highest BCUT2D eigenvalue weighted by Gasteiger charge is 2.62. The monoisotopic (exact) mass is 389 g/mol. The lowest BCUT2D eigenvalue weighted by molar-refractivity contribution is -0.166. The predicted octanol–water partition coefficient (Wildman–Crippen LogP) is 2.07. The fourth-order valence-electron chi connectivity index (χ4n) is 3.88. The van der Waals surface area contributed by atoms with E-state index in [1.165, 1.54) is 0 Å². The number of carbonyl (C=O) groups excluding carboxylic acids is 2. The van der Waals surface area contributed by atoms with Crippen LogP contribution < -0.4 is 16.4 Å². The molecule has 1 aromatic carbocycles. The summed E-state index contributed by atoms with van der Waals surface area (Å²) in [5.41, 5.74) is 6.16. The van der Waals surface area contributed by atoms with Crippen molar-refractivity contribution in [3.05, 3.63) is 29.8 Å². The molecule has 1 saturated carbocycles. The van der Waals surface area contributed by atoms with E-state index in [9.17, 15) is 9.59 Å². The van der Waals surface area contributed by atoms with Gasteiger partial charge < -0.3 is 25.8 Å². The van der Waals surface area contributed by atoms with Crippen molar-refractivity contribution in [2.24, 2.45) is 11.1 Å². The molecule has 2 amide bonds. The molecule has 2 fully saturated rings. The first-order valence-electron chi connectivity index (χ1n) is 9.98. The summed E-state index contributed by atoms with van der Waals surface area (Å²) in [5.74, 6) is -0.340. The van der Waals surface area contributed by atoms with Crippen LogP contribution in [0, 0.1) is 5.41 Å². The first kappa shape index (κ1) is 20.8. The van der Waals surface area contributed by atoms with E-state index < -0.39 is 11.0 Å². The Morgan fingerprint density at radius 3 is 2.43 bits per heavy atom. The average molecular weight is 389 g/mol. The lowest BCUT2D eigenvalue weighted by Crippen LogP contribution is -2.74. The molecule has 2 aliphatic rings. The summed E-state index contributed by atoms with van der Waals surface area (Å²) in [6.45, 7) is 7.81. The second-order valence-corrected chi connectivity index (χ2v) is 8.23. The minimum atomic E-state index is -0.980. The highest BCUT2D eigenvalue weighted by atomic mass is 16.5. The van der Waals surface area contributed by atoms with Gasteiger partial charge in [-0.3, -0.25) is 9.59 Å². The average Bonchev–Trinajstić information content (AvgIpc) is 2.69. The van der Waals surface area contributed by atoms with Crippen LogP contribution in [0.1, 0.15) is 50.4 Å². The largest absolute Gasteiger partial charge is 0.381 e. The van der Waals surface area contributed by atoms with Crippen LogP contribution in [0.25, 0.3) is 0 Å². The van der Waals surface area contributed by atoms with Crippen LogP contribution in [-0.2, 0) is 14.3 Å². The topological polar surface area (TPSA) is 103 Å². The summed E-state index contributed by atoms with van der Waals surface area (Å²) in [6.07, 6.45) is 2.13. The lowest BCUT2D eigenvalue weighted by atomic mass is 9.54. The van der Waals surface area contributed by atoms with Gasteiger partial charge in [0, 0.05) is 48.9 Å². The molecule has 0 aromatic heterocycles. The van der Waals surface area contributed by atoms with Crippen LogP contribution in [0.2, 0.25) is 0 Å². The van der Waals surface area contributed by atoms with E-state index in [0.717, 1.165) is 12.8 Å². The number of ether oxygens (including phenoxy) is 2. The molecule has 3 rings (SSSR count). The number of hydrogen-bond acceptors (Lipinski definition) is 5. The zero-order valence-electron chi connectivity index (χ0n) is 16.9. The molecule has 7 nitrogen and oxygen atoms in total. The molecule has 4 N–H and O–H groups in total. The van der Waals surface area contributed by atoms with Crippen molar-refractivity contribution in [2.75, 3.05) is 25.1 Å². The molecule has 0 spiro atoms. The zero-order valence-corrected chi connectivity index (χ0v) is 16.9. The van der Waals surface area contributed by atoms with Crippen LogP contribution >= 0.6 is 0 Å². The van der Waals surface area contributed by atoms with Crippen molar-refractivity contribution in [3.63, 3.8) is 0 Å². The summed E-state index contributed by atoms with van der Waals surface area (Å²) in [5, 5.41) is 5.91. The van der Waals surface area contributed by atoms with Crippen molar-refractivity contribution in [2.45, 2.75) is 57.7 Å². The second-order valence-electron chi connectivity index (χ2n) is 8.23. The van der Waals surface area contributed by atoms with Crippen LogP contribution in [0.15, 0.2) is 24.3 Å². The van der Waals surface area contributed by atoms with Crippen molar-refractivity contribution >= 4 is 17.5 Å². The number of nitrogens with two attached hydrogens (primary N) is 1. The van der Waals surface area contributed by atoms with Gasteiger partial charge in [0.15, 0.2) is 0 Å². The predicted molar refractivity (Wildman–Crippen MR) is 107 cm³/mol. The first-order chi connectivity index (χ1) is 13.3. The molecule has 1 saturated heterocycles. The Bertz CT molecular complexity index is 713. The van der Waals surface area contributed by atoms with Crippen LogP contribution in [0.3, 0.4) is 0 Å². The molecule has 1 aromatic rings. The fourth-order valence-corrected chi connectivity index (χ4v) is 3.88. The Morgan fingerprint density at radius 1 is 1.21 bits per heavy atom. The van der Waals surface area contributed by atoms with Crippen LogP contribution in [-0.4, -0.2) is 49.3 Å². The van der Waals surface area contributed by atoms with Crippen LogP contribution in [0.4, 0.5) is 5.69 Å². The molecule has 7 heteroatoms. The number of amides is 2. The number of anilines is 1. The minimum absolute atomic E-state index is 0.0236. The van der Waals surface area contributed by atoms with Gasteiger partial charge in [-0.2, -0.15) is 0 Å².